The van der Waals surface area contributed by atoms with Crippen molar-refractivity contribution in [2.45, 2.75) is 0 Å². The van der Waals surface area contributed by atoms with Crippen molar-refractivity contribution in [2.75, 3.05) is 26.2 Å². The fraction of sp³-hybridized carbons (Fsp3) is 0.211. The lowest BCUT2D eigenvalue weighted by Crippen LogP contribution is -2.50. The van der Waals surface area contributed by atoms with Crippen LogP contribution < -0.4 is 5.73 Å². The van der Waals surface area contributed by atoms with Gasteiger partial charge in [-0.3, -0.25) is 14.4 Å². The summed E-state index contributed by atoms with van der Waals surface area (Å²) in [7, 11) is 0. The average molecular weight is 337 g/mol. The zero-order chi connectivity index (χ0) is 17.8. The summed E-state index contributed by atoms with van der Waals surface area (Å²) in [6, 6.07) is 15.4. The summed E-state index contributed by atoms with van der Waals surface area (Å²) < 4.78 is 0. The molecule has 0 bridgehead atoms. The Bertz CT molecular complexity index is 779. The van der Waals surface area contributed by atoms with Crippen molar-refractivity contribution < 1.29 is 14.4 Å². The van der Waals surface area contributed by atoms with Crippen LogP contribution in [0.2, 0.25) is 0 Å². The number of carbonyl (C=O) groups is 3. The Morgan fingerprint density at radius 3 is 1.48 bits per heavy atom. The lowest BCUT2D eigenvalue weighted by atomic mass is 10.1. The van der Waals surface area contributed by atoms with Crippen LogP contribution in [-0.2, 0) is 0 Å². The molecular weight excluding hydrogens is 318 g/mol. The number of hydrogen-bond acceptors (Lipinski definition) is 3. The molecule has 0 radical (unpaired) electrons. The highest BCUT2D eigenvalue weighted by Crippen LogP contribution is 2.12. The molecule has 2 aromatic carbocycles. The van der Waals surface area contributed by atoms with E-state index in [1.165, 1.54) is 0 Å². The summed E-state index contributed by atoms with van der Waals surface area (Å²) in [5.41, 5.74) is 6.74. The Morgan fingerprint density at radius 2 is 1.04 bits per heavy atom. The van der Waals surface area contributed by atoms with E-state index in [-0.39, 0.29) is 11.8 Å². The maximum absolute atomic E-state index is 12.5. The number of benzene rings is 2. The van der Waals surface area contributed by atoms with Crippen LogP contribution in [0, 0.1) is 0 Å². The van der Waals surface area contributed by atoms with Crippen LogP contribution in [0.5, 0.6) is 0 Å². The van der Waals surface area contributed by atoms with Crippen LogP contribution in [0.3, 0.4) is 0 Å². The van der Waals surface area contributed by atoms with E-state index >= 15 is 0 Å². The Labute approximate surface area is 145 Å². The first kappa shape index (κ1) is 16.7. The molecule has 0 spiro atoms. The third-order valence-electron chi connectivity index (χ3n) is 4.29. The van der Waals surface area contributed by atoms with Crippen LogP contribution in [0.25, 0.3) is 0 Å². The second-order valence-electron chi connectivity index (χ2n) is 5.89. The molecule has 1 heterocycles. The maximum atomic E-state index is 12.5. The third-order valence-corrected chi connectivity index (χ3v) is 4.29. The maximum Gasteiger partial charge on any atom is 0.253 e. The van der Waals surface area contributed by atoms with E-state index in [1.54, 1.807) is 46.2 Å². The van der Waals surface area contributed by atoms with Crippen molar-refractivity contribution >= 4 is 17.7 Å². The molecule has 0 saturated carbocycles. The number of hydrogen-bond donors (Lipinski definition) is 1. The largest absolute Gasteiger partial charge is 0.366 e. The van der Waals surface area contributed by atoms with Gasteiger partial charge >= 0.3 is 0 Å². The number of nitrogens with zero attached hydrogens (tertiary/aromatic N) is 2. The number of amides is 3. The van der Waals surface area contributed by atoms with Crippen LogP contribution in [-0.4, -0.2) is 53.7 Å². The third kappa shape index (κ3) is 3.68. The highest BCUT2D eigenvalue weighted by Gasteiger charge is 2.25. The molecule has 2 N–H and O–H groups in total. The molecule has 1 fully saturated rings. The minimum Gasteiger partial charge on any atom is -0.366 e. The molecule has 1 saturated heterocycles. The number of piperazine rings is 1. The summed E-state index contributed by atoms with van der Waals surface area (Å²) in [5.74, 6) is -0.645. The highest BCUT2D eigenvalue weighted by molar-refractivity contribution is 5.97. The van der Waals surface area contributed by atoms with Gasteiger partial charge in [0.25, 0.3) is 11.8 Å². The zero-order valence-electron chi connectivity index (χ0n) is 13.7. The molecule has 6 heteroatoms. The minimum atomic E-state index is -0.521. The summed E-state index contributed by atoms with van der Waals surface area (Å²) in [6.07, 6.45) is 0. The molecule has 6 nitrogen and oxygen atoms in total. The van der Waals surface area contributed by atoms with Crippen molar-refractivity contribution in [2.24, 2.45) is 5.73 Å². The van der Waals surface area contributed by atoms with Crippen LogP contribution >= 0.6 is 0 Å². The van der Waals surface area contributed by atoms with Gasteiger partial charge in [0.1, 0.15) is 0 Å². The van der Waals surface area contributed by atoms with Gasteiger partial charge in [0.15, 0.2) is 0 Å². The van der Waals surface area contributed by atoms with E-state index in [1.807, 2.05) is 18.2 Å². The van der Waals surface area contributed by atoms with Gasteiger partial charge in [-0.2, -0.15) is 0 Å². The summed E-state index contributed by atoms with van der Waals surface area (Å²) in [4.78, 5) is 39.5. The monoisotopic (exact) mass is 337 g/mol. The number of primary amides is 1. The second kappa shape index (κ2) is 7.17. The first-order valence-corrected chi connectivity index (χ1v) is 8.10. The molecule has 3 amide bonds. The molecule has 2 aromatic rings. The summed E-state index contributed by atoms with van der Waals surface area (Å²) in [6.45, 7) is 1.96. The van der Waals surface area contributed by atoms with Gasteiger partial charge in [0.2, 0.25) is 5.91 Å². The van der Waals surface area contributed by atoms with Gasteiger partial charge in [-0.25, -0.2) is 0 Å². The number of nitrogens with two attached hydrogens (primary N) is 1. The Hall–Kier alpha value is -3.15. The van der Waals surface area contributed by atoms with Gasteiger partial charge in [0.05, 0.1) is 0 Å². The van der Waals surface area contributed by atoms with Crippen LogP contribution in [0.15, 0.2) is 54.6 Å². The van der Waals surface area contributed by atoms with Crippen molar-refractivity contribution in [1.29, 1.82) is 0 Å². The van der Waals surface area contributed by atoms with Gasteiger partial charge in [-0.1, -0.05) is 18.2 Å². The van der Waals surface area contributed by atoms with E-state index in [9.17, 15) is 14.4 Å². The second-order valence-corrected chi connectivity index (χ2v) is 5.89. The molecule has 128 valence electrons. The molecule has 0 aromatic heterocycles. The van der Waals surface area contributed by atoms with Crippen molar-refractivity contribution in [3.05, 3.63) is 71.3 Å². The van der Waals surface area contributed by atoms with E-state index in [0.29, 0.717) is 42.9 Å². The van der Waals surface area contributed by atoms with Gasteiger partial charge in [0, 0.05) is 42.9 Å². The minimum absolute atomic E-state index is 0.0153. The normalized spacial score (nSPS) is 14.2. The Kier molecular flexibility index (Phi) is 4.79. The molecule has 0 atom stereocenters. The SMILES string of the molecule is NC(=O)c1ccc(C(=O)N2CCN(C(=O)c3ccccc3)CC2)cc1. The van der Waals surface area contributed by atoms with E-state index < -0.39 is 5.91 Å². The lowest BCUT2D eigenvalue weighted by Gasteiger charge is -2.34. The summed E-state index contributed by atoms with van der Waals surface area (Å²) >= 11 is 0. The predicted molar refractivity (Wildman–Crippen MR) is 93.2 cm³/mol. The van der Waals surface area contributed by atoms with E-state index in [2.05, 4.69) is 0 Å². The quantitative estimate of drug-likeness (QED) is 0.918. The average Bonchev–Trinajstić information content (AvgIpc) is 2.67. The smallest absolute Gasteiger partial charge is 0.253 e. The highest BCUT2D eigenvalue weighted by atomic mass is 16.2. The Morgan fingerprint density at radius 1 is 0.640 bits per heavy atom. The van der Waals surface area contributed by atoms with Crippen molar-refractivity contribution in [3.63, 3.8) is 0 Å². The molecule has 1 aliphatic heterocycles. The van der Waals surface area contributed by atoms with Gasteiger partial charge < -0.3 is 15.5 Å². The fourth-order valence-electron chi connectivity index (χ4n) is 2.84. The lowest BCUT2D eigenvalue weighted by molar-refractivity contribution is 0.0535. The first-order valence-electron chi connectivity index (χ1n) is 8.10. The van der Waals surface area contributed by atoms with Crippen LogP contribution in [0.4, 0.5) is 0 Å². The van der Waals surface area contributed by atoms with Gasteiger partial charge in [-0.15, -0.1) is 0 Å². The van der Waals surface area contributed by atoms with E-state index in [4.69, 9.17) is 5.73 Å². The molecule has 25 heavy (non-hydrogen) atoms. The first-order chi connectivity index (χ1) is 12.1. The summed E-state index contributed by atoms with van der Waals surface area (Å²) in [5, 5.41) is 0. The molecule has 1 aliphatic rings. The number of rotatable bonds is 3. The van der Waals surface area contributed by atoms with Crippen molar-refractivity contribution in [3.8, 4) is 0 Å². The molecular formula is C19H19N3O3. The predicted octanol–water partition coefficient (Wildman–Crippen LogP) is 1.38. The standard InChI is InChI=1S/C19H19N3O3/c20-17(23)14-6-8-16(9-7-14)19(25)22-12-10-21(11-13-22)18(24)15-4-2-1-3-5-15/h1-9H,10-13H2,(H2,20,23). The zero-order valence-corrected chi connectivity index (χ0v) is 13.7. The van der Waals surface area contributed by atoms with Crippen LogP contribution in [0.1, 0.15) is 31.1 Å². The topological polar surface area (TPSA) is 83.7 Å². The van der Waals surface area contributed by atoms with E-state index in [0.717, 1.165) is 0 Å². The Balaban J connectivity index is 1.61. The molecule has 0 aliphatic carbocycles. The molecule has 0 unspecified atom stereocenters. The molecule has 3 rings (SSSR count). The van der Waals surface area contributed by atoms with Gasteiger partial charge in [-0.05, 0) is 36.4 Å². The van der Waals surface area contributed by atoms with Crippen molar-refractivity contribution in [1.82, 2.24) is 9.80 Å². The fourth-order valence-corrected chi connectivity index (χ4v) is 2.84. The number of carbonyl (C=O) groups excluding carboxylic acids is 3.